The van der Waals surface area contributed by atoms with Gasteiger partial charge in [0.15, 0.2) is 0 Å². The summed E-state index contributed by atoms with van der Waals surface area (Å²) in [5, 5.41) is 4.16. The summed E-state index contributed by atoms with van der Waals surface area (Å²) in [5.41, 5.74) is 2.42. The standard InChI is InChI=1S/C17H18ClNO/c1-12-6-9-16(13(10-12)11-19-14-7-8-14)20-17-5-3-2-4-15(17)18/h2-6,9-10,14,19H,7-8,11H2,1H3. The Bertz CT molecular complexity index is 608. The maximum Gasteiger partial charge on any atom is 0.146 e. The minimum Gasteiger partial charge on any atom is -0.455 e. The van der Waals surface area contributed by atoms with Crippen molar-refractivity contribution >= 4 is 11.6 Å². The van der Waals surface area contributed by atoms with Gasteiger partial charge in [0.2, 0.25) is 0 Å². The Kier molecular flexibility index (Phi) is 3.95. The molecule has 1 saturated carbocycles. The SMILES string of the molecule is Cc1ccc(Oc2ccccc2Cl)c(CNC2CC2)c1. The number of hydrogen-bond acceptors (Lipinski definition) is 2. The summed E-state index contributed by atoms with van der Waals surface area (Å²) in [4.78, 5) is 0. The van der Waals surface area contributed by atoms with Gasteiger partial charge < -0.3 is 10.1 Å². The summed E-state index contributed by atoms with van der Waals surface area (Å²) in [6, 6.07) is 14.5. The summed E-state index contributed by atoms with van der Waals surface area (Å²) in [5.74, 6) is 1.57. The van der Waals surface area contributed by atoms with Crippen molar-refractivity contribution in [3.05, 3.63) is 58.6 Å². The van der Waals surface area contributed by atoms with E-state index in [1.807, 2.05) is 30.3 Å². The van der Waals surface area contributed by atoms with Crippen LogP contribution >= 0.6 is 11.6 Å². The highest BCUT2D eigenvalue weighted by molar-refractivity contribution is 6.32. The van der Waals surface area contributed by atoms with Gasteiger partial charge in [0.05, 0.1) is 5.02 Å². The highest BCUT2D eigenvalue weighted by atomic mass is 35.5. The zero-order valence-corrected chi connectivity index (χ0v) is 12.3. The highest BCUT2D eigenvalue weighted by Gasteiger charge is 2.20. The smallest absolute Gasteiger partial charge is 0.146 e. The van der Waals surface area contributed by atoms with E-state index in [-0.39, 0.29) is 0 Å². The van der Waals surface area contributed by atoms with E-state index < -0.39 is 0 Å². The Hall–Kier alpha value is -1.51. The van der Waals surface area contributed by atoms with Gasteiger partial charge in [-0.05, 0) is 38.0 Å². The normalized spacial score (nSPS) is 14.3. The Morgan fingerprint density at radius 1 is 1.15 bits per heavy atom. The first-order valence-corrected chi connectivity index (χ1v) is 7.35. The number of halogens is 1. The number of nitrogens with one attached hydrogen (secondary N) is 1. The van der Waals surface area contributed by atoms with E-state index in [1.54, 1.807) is 0 Å². The maximum atomic E-state index is 6.15. The first-order valence-electron chi connectivity index (χ1n) is 6.97. The molecule has 1 fully saturated rings. The van der Waals surface area contributed by atoms with Gasteiger partial charge in [-0.2, -0.15) is 0 Å². The van der Waals surface area contributed by atoms with E-state index in [0.29, 0.717) is 16.8 Å². The molecule has 3 rings (SSSR count). The van der Waals surface area contributed by atoms with Crippen molar-refractivity contribution in [1.29, 1.82) is 0 Å². The van der Waals surface area contributed by atoms with Crippen molar-refractivity contribution in [1.82, 2.24) is 5.32 Å². The van der Waals surface area contributed by atoms with E-state index in [0.717, 1.165) is 12.3 Å². The molecular formula is C17H18ClNO. The van der Waals surface area contributed by atoms with Crippen LogP contribution in [0.3, 0.4) is 0 Å². The van der Waals surface area contributed by atoms with Crippen LogP contribution in [0.4, 0.5) is 0 Å². The predicted molar refractivity (Wildman–Crippen MR) is 82.6 cm³/mol. The maximum absolute atomic E-state index is 6.15. The zero-order valence-electron chi connectivity index (χ0n) is 11.5. The summed E-state index contributed by atoms with van der Waals surface area (Å²) >= 11 is 6.15. The van der Waals surface area contributed by atoms with Gasteiger partial charge in [0, 0.05) is 18.2 Å². The van der Waals surface area contributed by atoms with Crippen LogP contribution in [-0.2, 0) is 6.54 Å². The fraction of sp³-hybridized carbons (Fsp3) is 0.294. The molecule has 0 amide bonds. The molecule has 3 heteroatoms. The molecule has 1 aliphatic carbocycles. The molecule has 0 unspecified atom stereocenters. The average Bonchev–Trinajstić information content (AvgIpc) is 3.25. The number of benzene rings is 2. The number of hydrogen-bond donors (Lipinski definition) is 1. The fourth-order valence-corrected chi connectivity index (χ4v) is 2.31. The van der Waals surface area contributed by atoms with E-state index in [4.69, 9.17) is 16.3 Å². The molecule has 0 saturated heterocycles. The van der Waals surface area contributed by atoms with Crippen LogP contribution in [0.2, 0.25) is 5.02 Å². The quantitative estimate of drug-likeness (QED) is 0.861. The molecule has 104 valence electrons. The zero-order chi connectivity index (χ0) is 13.9. The van der Waals surface area contributed by atoms with E-state index >= 15 is 0 Å². The third-order valence-corrected chi connectivity index (χ3v) is 3.74. The molecule has 20 heavy (non-hydrogen) atoms. The molecule has 0 atom stereocenters. The third-order valence-electron chi connectivity index (χ3n) is 3.43. The second-order valence-electron chi connectivity index (χ2n) is 5.30. The van der Waals surface area contributed by atoms with Crippen molar-refractivity contribution in [2.24, 2.45) is 0 Å². The number of rotatable bonds is 5. The number of aryl methyl sites for hydroxylation is 1. The molecule has 1 aliphatic rings. The van der Waals surface area contributed by atoms with Crippen LogP contribution < -0.4 is 10.1 Å². The lowest BCUT2D eigenvalue weighted by Gasteiger charge is -2.13. The van der Waals surface area contributed by atoms with Crippen molar-refractivity contribution in [3.63, 3.8) is 0 Å². The highest BCUT2D eigenvalue weighted by Crippen LogP contribution is 2.32. The Morgan fingerprint density at radius 3 is 2.70 bits per heavy atom. The Labute approximate surface area is 124 Å². The molecule has 0 heterocycles. The largest absolute Gasteiger partial charge is 0.455 e. The van der Waals surface area contributed by atoms with Crippen molar-refractivity contribution in [3.8, 4) is 11.5 Å². The fourth-order valence-electron chi connectivity index (χ4n) is 2.13. The van der Waals surface area contributed by atoms with Crippen molar-refractivity contribution in [2.45, 2.75) is 32.4 Å². The molecule has 0 aromatic heterocycles. The van der Waals surface area contributed by atoms with Gasteiger partial charge in [-0.25, -0.2) is 0 Å². The molecule has 0 aliphatic heterocycles. The molecule has 0 spiro atoms. The average molecular weight is 288 g/mol. The van der Waals surface area contributed by atoms with E-state index in [9.17, 15) is 0 Å². The van der Waals surface area contributed by atoms with Crippen LogP contribution in [0.1, 0.15) is 24.0 Å². The lowest BCUT2D eigenvalue weighted by atomic mass is 10.1. The Balaban J connectivity index is 1.82. The lowest BCUT2D eigenvalue weighted by Crippen LogP contribution is -2.15. The lowest BCUT2D eigenvalue weighted by molar-refractivity contribution is 0.472. The second-order valence-corrected chi connectivity index (χ2v) is 5.71. The monoisotopic (exact) mass is 287 g/mol. The molecule has 2 aromatic carbocycles. The first-order chi connectivity index (χ1) is 9.72. The van der Waals surface area contributed by atoms with Gasteiger partial charge in [-0.1, -0.05) is 41.4 Å². The van der Waals surface area contributed by atoms with E-state index in [1.165, 1.54) is 24.0 Å². The van der Waals surface area contributed by atoms with Crippen LogP contribution in [0.25, 0.3) is 0 Å². The topological polar surface area (TPSA) is 21.3 Å². The summed E-state index contributed by atoms with van der Waals surface area (Å²) in [6.07, 6.45) is 2.57. The van der Waals surface area contributed by atoms with Crippen LogP contribution in [-0.4, -0.2) is 6.04 Å². The first kappa shape index (κ1) is 13.5. The predicted octanol–water partition coefficient (Wildman–Crippen LogP) is 4.69. The van der Waals surface area contributed by atoms with Gasteiger partial charge >= 0.3 is 0 Å². The summed E-state index contributed by atoms with van der Waals surface area (Å²) in [6.45, 7) is 2.94. The van der Waals surface area contributed by atoms with Crippen LogP contribution in [0.5, 0.6) is 11.5 Å². The van der Waals surface area contributed by atoms with Gasteiger partial charge in [-0.3, -0.25) is 0 Å². The third kappa shape index (κ3) is 3.33. The van der Waals surface area contributed by atoms with Crippen molar-refractivity contribution in [2.75, 3.05) is 0 Å². The second kappa shape index (κ2) is 5.86. The molecular weight excluding hydrogens is 270 g/mol. The molecule has 1 N–H and O–H groups in total. The number of para-hydroxylation sites is 1. The molecule has 2 nitrogen and oxygen atoms in total. The minimum absolute atomic E-state index is 0.633. The van der Waals surface area contributed by atoms with Gasteiger partial charge in [0.1, 0.15) is 11.5 Å². The van der Waals surface area contributed by atoms with Crippen molar-refractivity contribution < 1.29 is 4.74 Å². The molecule has 0 radical (unpaired) electrons. The van der Waals surface area contributed by atoms with Crippen LogP contribution in [0, 0.1) is 6.92 Å². The number of ether oxygens (including phenoxy) is 1. The molecule has 2 aromatic rings. The van der Waals surface area contributed by atoms with Gasteiger partial charge in [0.25, 0.3) is 0 Å². The van der Waals surface area contributed by atoms with Gasteiger partial charge in [-0.15, -0.1) is 0 Å². The summed E-state index contributed by atoms with van der Waals surface area (Å²) in [7, 11) is 0. The summed E-state index contributed by atoms with van der Waals surface area (Å²) < 4.78 is 5.98. The Morgan fingerprint density at radius 2 is 1.95 bits per heavy atom. The molecule has 0 bridgehead atoms. The minimum atomic E-state index is 0.633. The van der Waals surface area contributed by atoms with Crippen LogP contribution in [0.15, 0.2) is 42.5 Å². The van der Waals surface area contributed by atoms with E-state index in [2.05, 4.69) is 24.4 Å².